The van der Waals surface area contributed by atoms with Gasteiger partial charge in [0, 0.05) is 47.2 Å². The Hall–Kier alpha value is -2.76. The van der Waals surface area contributed by atoms with E-state index < -0.39 is 0 Å². The highest BCUT2D eigenvalue weighted by molar-refractivity contribution is 6.30. The number of Topliss-reactive ketones (excluding diaryl/α,β-unsaturated/α-hetero) is 1. The summed E-state index contributed by atoms with van der Waals surface area (Å²) in [4.78, 5) is 20.8. The molecule has 39 heavy (non-hydrogen) atoms. The van der Waals surface area contributed by atoms with Crippen molar-refractivity contribution in [1.82, 2.24) is 9.97 Å². The SMILES string of the molecule is CC(C)C(=O)c1ccc(Nc2nccc(-c3ccc(Cl)cc3)n2)cc1.CCCCC(C)C.CCCOCCC. The number of ether oxygens (including phenoxy) is 1. The molecule has 1 heterocycles. The van der Waals surface area contributed by atoms with Crippen LogP contribution in [0.1, 0.15) is 90.9 Å². The molecule has 214 valence electrons. The Bertz CT molecular complexity index is 1050. The van der Waals surface area contributed by atoms with Crippen LogP contribution in [-0.2, 0) is 4.74 Å². The molecule has 0 saturated heterocycles. The first kappa shape index (κ1) is 34.3. The molecule has 0 aliphatic heterocycles. The fraction of sp³-hybridized carbons (Fsp3) is 0.485. The highest BCUT2D eigenvalue weighted by Crippen LogP contribution is 2.22. The van der Waals surface area contributed by atoms with Crippen LogP contribution in [0.15, 0.2) is 60.8 Å². The lowest BCUT2D eigenvalue weighted by atomic mass is 10.0. The summed E-state index contributed by atoms with van der Waals surface area (Å²) in [6, 6.07) is 16.7. The first-order chi connectivity index (χ1) is 18.7. The van der Waals surface area contributed by atoms with Gasteiger partial charge in [-0.15, -0.1) is 0 Å². The number of unbranched alkanes of at least 4 members (excludes halogenated alkanes) is 1. The average Bonchev–Trinajstić information content (AvgIpc) is 2.93. The molecule has 2 aromatic carbocycles. The van der Waals surface area contributed by atoms with E-state index in [1.807, 2.05) is 68.4 Å². The standard InChI is InChI=1S/C20H18ClN3O.C7H16.C6H14O/c1-13(2)19(25)15-5-9-17(10-6-15)23-20-22-12-11-18(24-20)14-3-7-16(21)8-4-14;1-4-5-6-7(2)3;1-3-5-7-6-4-2/h3-13H,1-2H3,(H,22,23,24);7H,4-6H2,1-3H3;3-6H2,1-2H3. The summed E-state index contributed by atoms with van der Waals surface area (Å²) in [6.07, 6.45) is 8.13. The zero-order chi connectivity index (χ0) is 29.0. The van der Waals surface area contributed by atoms with Gasteiger partial charge in [0.15, 0.2) is 5.78 Å². The second kappa shape index (κ2) is 20.2. The largest absolute Gasteiger partial charge is 0.381 e. The van der Waals surface area contributed by atoms with Crippen molar-refractivity contribution in [2.75, 3.05) is 18.5 Å². The van der Waals surface area contributed by atoms with Crippen molar-refractivity contribution >= 4 is 29.0 Å². The van der Waals surface area contributed by atoms with E-state index in [2.05, 4.69) is 49.9 Å². The second-order valence-corrected chi connectivity index (χ2v) is 10.6. The van der Waals surface area contributed by atoms with E-state index >= 15 is 0 Å². The molecule has 5 nitrogen and oxygen atoms in total. The van der Waals surface area contributed by atoms with Gasteiger partial charge in [-0.3, -0.25) is 4.79 Å². The first-order valence-corrected chi connectivity index (χ1v) is 14.7. The molecule has 0 unspecified atom stereocenters. The van der Waals surface area contributed by atoms with Crippen molar-refractivity contribution < 1.29 is 9.53 Å². The first-order valence-electron chi connectivity index (χ1n) is 14.3. The Morgan fingerprint density at radius 2 is 1.49 bits per heavy atom. The number of carbonyl (C=O) groups excluding carboxylic acids is 1. The van der Waals surface area contributed by atoms with Gasteiger partial charge < -0.3 is 10.1 Å². The Kier molecular flexibility index (Phi) is 17.7. The number of benzene rings is 2. The Balaban J connectivity index is 0.000000449. The normalized spacial score (nSPS) is 10.4. The molecule has 0 fully saturated rings. The lowest BCUT2D eigenvalue weighted by Gasteiger charge is -2.08. The molecule has 1 aromatic heterocycles. The molecule has 0 radical (unpaired) electrons. The van der Waals surface area contributed by atoms with Gasteiger partial charge in [0.05, 0.1) is 5.69 Å². The van der Waals surface area contributed by atoms with E-state index in [0.717, 1.165) is 48.9 Å². The monoisotopic (exact) mass is 553 g/mol. The lowest BCUT2D eigenvalue weighted by Crippen LogP contribution is -2.07. The third kappa shape index (κ3) is 14.8. The average molecular weight is 554 g/mol. The summed E-state index contributed by atoms with van der Waals surface area (Å²) in [5.41, 5.74) is 3.30. The van der Waals surface area contributed by atoms with Crippen LogP contribution in [0.25, 0.3) is 11.3 Å². The van der Waals surface area contributed by atoms with Crippen LogP contribution in [0.5, 0.6) is 0 Å². The molecule has 0 atom stereocenters. The Morgan fingerprint density at radius 3 is 1.97 bits per heavy atom. The van der Waals surface area contributed by atoms with E-state index in [9.17, 15) is 4.79 Å². The molecule has 0 saturated carbocycles. The van der Waals surface area contributed by atoms with E-state index in [1.54, 1.807) is 6.20 Å². The summed E-state index contributed by atoms with van der Waals surface area (Å²) in [5, 5.41) is 3.85. The predicted molar refractivity (Wildman–Crippen MR) is 167 cm³/mol. The smallest absolute Gasteiger partial charge is 0.227 e. The zero-order valence-electron chi connectivity index (χ0n) is 25.0. The molecule has 6 heteroatoms. The molecule has 3 aromatic rings. The zero-order valence-corrected chi connectivity index (χ0v) is 25.7. The van der Waals surface area contributed by atoms with Gasteiger partial charge in [0.2, 0.25) is 5.95 Å². The molecule has 3 rings (SSSR count). The summed E-state index contributed by atoms with van der Waals surface area (Å²) < 4.78 is 5.13. The molecule has 0 aliphatic rings. The Morgan fingerprint density at radius 1 is 0.872 bits per heavy atom. The number of halogens is 1. The third-order valence-electron chi connectivity index (χ3n) is 5.58. The van der Waals surface area contributed by atoms with Crippen molar-refractivity contribution in [2.45, 2.75) is 80.6 Å². The molecule has 0 aliphatic carbocycles. The molecule has 1 N–H and O–H groups in total. The highest BCUT2D eigenvalue weighted by Gasteiger charge is 2.10. The number of rotatable bonds is 12. The van der Waals surface area contributed by atoms with E-state index in [0.29, 0.717) is 16.5 Å². The van der Waals surface area contributed by atoms with Crippen LogP contribution in [0.2, 0.25) is 5.02 Å². The van der Waals surface area contributed by atoms with Crippen LogP contribution in [0, 0.1) is 11.8 Å². The van der Waals surface area contributed by atoms with Gasteiger partial charge in [0.1, 0.15) is 0 Å². The van der Waals surface area contributed by atoms with Crippen LogP contribution in [-0.4, -0.2) is 29.0 Å². The quantitative estimate of drug-likeness (QED) is 0.178. The van der Waals surface area contributed by atoms with Crippen LogP contribution in [0.4, 0.5) is 11.6 Å². The topological polar surface area (TPSA) is 64.1 Å². The fourth-order valence-electron chi connectivity index (χ4n) is 3.38. The highest BCUT2D eigenvalue weighted by atomic mass is 35.5. The second-order valence-electron chi connectivity index (χ2n) is 10.1. The van der Waals surface area contributed by atoms with E-state index in [-0.39, 0.29) is 11.7 Å². The van der Waals surface area contributed by atoms with Crippen molar-refractivity contribution in [3.8, 4) is 11.3 Å². The van der Waals surface area contributed by atoms with Gasteiger partial charge >= 0.3 is 0 Å². The van der Waals surface area contributed by atoms with Crippen LogP contribution >= 0.6 is 11.6 Å². The van der Waals surface area contributed by atoms with Gasteiger partial charge in [-0.05, 0) is 61.2 Å². The van der Waals surface area contributed by atoms with Crippen molar-refractivity contribution in [1.29, 1.82) is 0 Å². The number of nitrogens with zero attached hydrogens (tertiary/aromatic N) is 2. The molecule has 0 spiro atoms. The molecule has 0 amide bonds. The van der Waals surface area contributed by atoms with E-state index in [4.69, 9.17) is 16.3 Å². The van der Waals surface area contributed by atoms with Crippen molar-refractivity contribution in [3.05, 3.63) is 71.4 Å². The maximum Gasteiger partial charge on any atom is 0.227 e. The minimum atomic E-state index is -0.0156. The predicted octanol–water partition coefficient (Wildman–Crippen LogP) is 10.0. The maximum atomic E-state index is 12.0. The summed E-state index contributed by atoms with van der Waals surface area (Å²) in [6.45, 7) is 16.7. The summed E-state index contributed by atoms with van der Waals surface area (Å²) >= 11 is 5.92. The van der Waals surface area contributed by atoms with Crippen LogP contribution in [0.3, 0.4) is 0 Å². The van der Waals surface area contributed by atoms with Crippen molar-refractivity contribution in [3.63, 3.8) is 0 Å². The van der Waals surface area contributed by atoms with Gasteiger partial charge in [-0.25, -0.2) is 9.97 Å². The maximum absolute atomic E-state index is 12.0. The third-order valence-corrected chi connectivity index (χ3v) is 5.83. The lowest BCUT2D eigenvalue weighted by molar-refractivity contribution is 0.0939. The number of hydrogen-bond donors (Lipinski definition) is 1. The number of nitrogens with one attached hydrogen (secondary N) is 1. The number of ketones is 1. The van der Waals surface area contributed by atoms with Crippen molar-refractivity contribution in [2.24, 2.45) is 11.8 Å². The minimum Gasteiger partial charge on any atom is -0.381 e. The summed E-state index contributed by atoms with van der Waals surface area (Å²) in [5.74, 6) is 1.51. The minimum absolute atomic E-state index is 0.0156. The number of anilines is 2. The number of carbonyl (C=O) groups is 1. The van der Waals surface area contributed by atoms with Gasteiger partial charge in [-0.1, -0.05) is 91.5 Å². The molecule has 0 bridgehead atoms. The van der Waals surface area contributed by atoms with Gasteiger partial charge in [-0.2, -0.15) is 0 Å². The van der Waals surface area contributed by atoms with Gasteiger partial charge in [0.25, 0.3) is 0 Å². The van der Waals surface area contributed by atoms with E-state index in [1.165, 1.54) is 19.3 Å². The fourth-order valence-corrected chi connectivity index (χ4v) is 3.51. The van der Waals surface area contributed by atoms with Crippen LogP contribution < -0.4 is 5.32 Å². The molecular weight excluding hydrogens is 506 g/mol. The molecular formula is C33H48ClN3O2. The number of aromatic nitrogens is 2. The number of hydrogen-bond acceptors (Lipinski definition) is 5. The summed E-state index contributed by atoms with van der Waals surface area (Å²) in [7, 11) is 0. The Labute approximate surface area is 241 Å².